The van der Waals surface area contributed by atoms with Crippen LogP contribution in [0, 0.1) is 0 Å². The lowest BCUT2D eigenvalue weighted by molar-refractivity contribution is 0.652. The molecule has 0 bridgehead atoms. The number of hydrogen-bond acceptors (Lipinski definition) is 4. The largest absolute Gasteiger partial charge is 0.339 e. The van der Waals surface area contributed by atoms with Crippen molar-refractivity contribution in [2.75, 3.05) is 0 Å². The molecule has 0 aromatic carbocycles. The van der Waals surface area contributed by atoms with E-state index in [9.17, 15) is 0 Å². The van der Waals surface area contributed by atoms with Gasteiger partial charge in [0.2, 0.25) is 0 Å². The number of hydrogen-bond donors (Lipinski definition) is 2. The Hall–Kier alpha value is -0.350. The van der Waals surface area contributed by atoms with E-state index in [0.29, 0.717) is 0 Å². The molecule has 4 heteroatoms. The van der Waals surface area contributed by atoms with Crippen LogP contribution in [0.2, 0.25) is 0 Å². The number of unbranched alkanes of at least 4 members (excludes halogenated alkanes) is 5. The molecule has 2 nitrogen and oxygen atoms in total. The van der Waals surface area contributed by atoms with E-state index in [2.05, 4.69) is 40.4 Å². The second-order valence-corrected chi connectivity index (χ2v) is 3.48. The van der Waals surface area contributed by atoms with Crippen molar-refractivity contribution in [1.29, 1.82) is 0 Å². The summed E-state index contributed by atoms with van der Waals surface area (Å²) in [6.07, 6.45) is 14.9. The van der Waals surface area contributed by atoms with Gasteiger partial charge in [-0.3, -0.25) is 0 Å². The van der Waals surface area contributed by atoms with Gasteiger partial charge in [-0.2, -0.15) is 4.36 Å². The number of thiol groups is 1. The fourth-order valence-corrected chi connectivity index (χ4v) is 1.32. The summed E-state index contributed by atoms with van der Waals surface area (Å²) >= 11 is 8.28. The first kappa shape index (κ1) is 13.7. The standard InChI is InChI=1S/C10H18N2S2/c13-11-9-7-5-3-1-2-4-6-8-10-12-14/h7-11,13H,1-6H2. The molecule has 0 saturated carbocycles. The van der Waals surface area contributed by atoms with Gasteiger partial charge in [-0.15, -0.1) is 0 Å². The van der Waals surface area contributed by atoms with Crippen LogP contribution in [-0.2, 0) is 12.4 Å². The van der Waals surface area contributed by atoms with Crippen LogP contribution in [0.4, 0.5) is 0 Å². The first-order chi connectivity index (χ1) is 6.91. The third-order valence-electron chi connectivity index (χ3n) is 1.85. The second kappa shape index (κ2) is 12.7. The van der Waals surface area contributed by atoms with E-state index >= 15 is 0 Å². The molecule has 0 aromatic heterocycles. The Morgan fingerprint density at radius 2 is 1.71 bits per heavy atom. The fraction of sp³-hybridized carbons (Fsp3) is 0.600. The van der Waals surface area contributed by atoms with Gasteiger partial charge in [0.05, 0.1) is 0 Å². The molecule has 0 unspecified atom stereocenters. The van der Waals surface area contributed by atoms with Crippen molar-refractivity contribution in [2.24, 2.45) is 4.36 Å². The Morgan fingerprint density at radius 1 is 1.07 bits per heavy atom. The van der Waals surface area contributed by atoms with Crippen LogP contribution in [-0.4, -0.2) is 0 Å². The molecule has 0 heterocycles. The molecule has 0 saturated heterocycles. The molecular weight excluding hydrogens is 212 g/mol. The van der Waals surface area contributed by atoms with Crippen LogP contribution in [0.5, 0.6) is 0 Å². The Kier molecular flexibility index (Phi) is 12.3. The predicted octanol–water partition coefficient (Wildman–Crippen LogP) is 3.52. The molecule has 0 aromatic rings. The van der Waals surface area contributed by atoms with E-state index in [-0.39, 0.29) is 0 Å². The highest BCUT2D eigenvalue weighted by atomic mass is 32.1. The van der Waals surface area contributed by atoms with E-state index in [1.165, 1.54) is 25.7 Å². The first-order valence-electron chi connectivity index (χ1n) is 4.94. The van der Waals surface area contributed by atoms with E-state index in [1.807, 2.05) is 12.3 Å². The van der Waals surface area contributed by atoms with Crippen LogP contribution >= 0.6 is 12.8 Å². The summed E-state index contributed by atoms with van der Waals surface area (Å²) in [4.78, 5) is 0. The van der Waals surface area contributed by atoms with Crippen molar-refractivity contribution in [3.05, 3.63) is 24.6 Å². The van der Waals surface area contributed by atoms with Gasteiger partial charge in [0, 0.05) is 24.8 Å². The van der Waals surface area contributed by atoms with Crippen LogP contribution in [0.1, 0.15) is 38.5 Å². The summed E-state index contributed by atoms with van der Waals surface area (Å²) in [5, 5.41) is 0. The number of nitrogens with zero attached hydrogens (tertiary/aromatic N) is 1. The average molecular weight is 230 g/mol. The first-order valence-corrected chi connectivity index (χ1v) is 5.75. The predicted molar refractivity (Wildman–Crippen MR) is 67.9 cm³/mol. The minimum absolute atomic E-state index is 1.09. The Morgan fingerprint density at radius 3 is 2.29 bits per heavy atom. The molecule has 0 aliphatic rings. The zero-order chi connectivity index (χ0) is 10.5. The molecule has 0 spiro atoms. The van der Waals surface area contributed by atoms with Crippen molar-refractivity contribution >= 4 is 25.2 Å². The summed E-state index contributed by atoms with van der Waals surface area (Å²) in [5.74, 6) is 0. The number of nitrogens with one attached hydrogen (secondary N) is 1. The van der Waals surface area contributed by atoms with Gasteiger partial charge < -0.3 is 4.72 Å². The van der Waals surface area contributed by atoms with Gasteiger partial charge in [0.25, 0.3) is 0 Å². The monoisotopic (exact) mass is 230 g/mol. The van der Waals surface area contributed by atoms with Crippen molar-refractivity contribution < 1.29 is 0 Å². The molecule has 80 valence electrons. The molecule has 0 rings (SSSR count). The summed E-state index contributed by atoms with van der Waals surface area (Å²) in [7, 11) is 0. The lowest BCUT2D eigenvalue weighted by Gasteiger charge is -1.96. The van der Waals surface area contributed by atoms with Crippen LogP contribution in [0.15, 0.2) is 28.9 Å². The quantitative estimate of drug-likeness (QED) is 0.468. The van der Waals surface area contributed by atoms with Crippen molar-refractivity contribution in [3.8, 4) is 0 Å². The fourth-order valence-electron chi connectivity index (χ4n) is 1.13. The molecular formula is C10H18N2S2. The summed E-state index contributed by atoms with van der Waals surface area (Å²) in [5.41, 5.74) is 0. The number of allylic oxidation sites excluding steroid dienone is 2. The minimum Gasteiger partial charge on any atom is -0.339 e. The maximum Gasteiger partial charge on any atom is 0.0410 e. The van der Waals surface area contributed by atoms with Gasteiger partial charge in [0.1, 0.15) is 0 Å². The smallest absolute Gasteiger partial charge is 0.0410 e. The Balaban J connectivity index is 3.02. The normalized spacial score (nSPS) is 11.2. The van der Waals surface area contributed by atoms with Crippen LogP contribution < -0.4 is 4.72 Å². The van der Waals surface area contributed by atoms with Gasteiger partial charge in [-0.1, -0.05) is 37.8 Å². The lowest BCUT2D eigenvalue weighted by atomic mass is 10.1. The van der Waals surface area contributed by atoms with Gasteiger partial charge >= 0.3 is 0 Å². The summed E-state index contributed by atoms with van der Waals surface area (Å²) in [6, 6.07) is 0. The minimum atomic E-state index is 1.09. The SMILES string of the molecule is S=NC=CCCCCCCC=CNS. The molecule has 1 N–H and O–H groups in total. The summed E-state index contributed by atoms with van der Waals surface area (Å²) in [6.45, 7) is 0. The zero-order valence-electron chi connectivity index (χ0n) is 8.35. The lowest BCUT2D eigenvalue weighted by Crippen LogP contribution is -1.81. The van der Waals surface area contributed by atoms with Gasteiger partial charge in [-0.25, -0.2) is 0 Å². The maximum absolute atomic E-state index is 4.43. The topological polar surface area (TPSA) is 24.4 Å². The molecule has 0 amide bonds. The highest BCUT2D eigenvalue weighted by Crippen LogP contribution is 2.06. The summed E-state index contributed by atoms with van der Waals surface area (Å²) < 4.78 is 6.16. The van der Waals surface area contributed by atoms with Gasteiger partial charge in [-0.05, 0) is 25.7 Å². The Labute approximate surface area is 97.6 Å². The second-order valence-electron chi connectivity index (χ2n) is 3.01. The zero-order valence-corrected chi connectivity index (χ0v) is 10.1. The van der Waals surface area contributed by atoms with Crippen LogP contribution in [0.25, 0.3) is 0 Å². The average Bonchev–Trinajstić information content (AvgIpc) is 2.21. The van der Waals surface area contributed by atoms with E-state index in [0.717, 1.165) is 12.8 Å². The van der Waals surface area contributed by atoms with Crippen LogP contribution in [0.3, 0.4) is 0 Å². The molecule has 14 heavy (non-hydrogen) atoms. The van der Waals surface area contributed by atoms with E-state index < -0.39 is 0 Å². The molecule has 0 aliphatic carbocycles. The molecule has 0 aliphatic heterocycles. The highest BCUT2D eigenvalue weighted by molar-refractivity contribution is 7.78. The van der Waals surface area contributed by atoms with Gasteiger partial charge in [0.15, 0.2) is 0 Å². The third kappa shape index (κ3) is 11.6. The Bertz CT molecular complexity index is 179. The van der Waals surface area contributed by atoms with E-state index in [4.69, 9.17) is 0 Å². The van der Waals surface area contributed by atoms with E-state index in [1.54, 1.807) is 6.20 Å². The third-order valence-corrected chi connectivity index (χ3v) is 2.12. The maximum atomic E-state index is 4.43. The number of rotatable bonds is 9. The van der Waals surface area contributed by atoms with Crippen molar-refractivity contribution in [2.45, 2.75) is 38.5 Å². The molecule has 0 atom stereocenters. The highest BCUT2D eigenvalue weighted by Gasteiger charge is 1.86. The molecule has 0 fully saturated rings. The molecule has 0 radical (unpaired) electrons. The van der Waals surface area contributed by atoms with Crippen molar-refractivity contribution in [3.63, 3.8) is 0 Å². The van der Waals surface area contributed by atoms with Crippen molar-refractivity contribution in [1.82, 2.24) is 4.72 Å².